The number of methoxy groups -OCH3 is 1. The lowest BCUT2D eigenvalue weighted by atomic mass is 10.5. The second-order valence-corrected chi connectivity index (χ2v) is 3.10. The largest absolute Gasteiger partial charge is 0.393 e. The number of aromatic nitrogens is 2. The lowest BCUT2D eigenvalue weighted by Crippen LogP contribution is -2.41. The summed E-state index contributed by atoms with van der Waals surface area (Å²) in [4.78, 5) is 23.2. The van der Waals surface area contributed by atoms with Gasteiger partial charge in [-0.2, -0.15) is 0 Å². The first-order valence-corrected chi connectivity index (χ1v) is 4.70. The van der Waals surface area contributed by atoms with Gasteiger partial charge in [0.05, 0.1) is 13.2 Å². The van der Waals surface area contributed by atoms with E-state index in [0.717, 1.165) is 4.57 Å². The van der Waals surface area contributed by atoms with Gasteiger partial charge in [-0.15, -0.1) is 0 Å². The third-order valence-corrected chi connectivity index (χ3v) is 2.12. The molecule has 0 radical (unpaired) electrons. The zero-order chi connectivity index (χ0) is 11.4. The van der Waals surface area contributed by atoms with E-state index in [9.17, 15) is 9.59 Å². The summed E-state index contributed by atoms with van der Waals surface area (Å²) in [5.74, 6) is 0. The monoisotopic (exact) mass is 213 g/mol. The molecule has 1 rings (SSSR count). The van der Waals surface area contributed by atoms with Crippen LogP contribution in [0.2, 0.25) is 0 Å². The summed E-state index contributed by atoms with van der Waals surface area (Å²) in [6.45, 7) is 2.82. The number of anilines is 1. The van der Waals surface area contributed by atoms with E-state index in [4.69, 9.17) is 10.5 Å². The normalized spacial score (nSPS) is 10.5. The molecule has 0 saturated carbocycles. The van der Waals surface area contributed by atoms with Gasteiger partial charge in [0.15, 0.2) is 0 Å². The molecule has 0 aliphatic heterocycles. The van der Waals surface area contributed by atoms with Crippen molar-refractivity contribution in [2.75, 3.05) is 19.5 Å². The molecule has 0 spiro atoms. The fraction of sp³-hybridized carbons (Fsp3) is 0.556. The molecule has 84 valence electrons. The number of nitrogens with zero attached hydrogens (tertiary/aromatic N) is 2. The molecule has 0 amide bonds. The number of hydrogen-bond acceptors (Lipinski definition) is 4. The molecule has 6 heteroatoms. The topological polar surface area (TPSA) is 79.2 Å². The van der Waals surface area contributed by atoms with E-state index in [-0.39, 0.29) is 17.9 Å². The van der Waals surface area contributed by atoms with Crippen LogP contribution in [-0.2, 0) is 17.8 Å². The van der Waals surface area contributed by atoms with Gasteiger partial charge < -0.3 is 10.5 Å². The molecule has 0 unspecified atom stereocenters. The molecule has 1 heterocycles. The molecule has 0 saturated heterocycles. The van der Waals surface area contributed by atoms with Crippen LogP contribution >= 0.6 is 0 Å². The van der Waals surface area contributed by atoms with Crippen LogP contribution in [0.1, 0.15) is 6.92 Å². The average molecular weight is 213 g/mol. The van der Waals surface area contributed by atoms with Crippen LogP contribution in [0, 0.1) is 0 Å². The van der Waals surface area contributed by atoms with Crippen molar-refractivity contribution < 1.29 is 4.74 Å². The number of rotatable bonds is 4. The fourth-order valence-corrected chi connectivity index (χ4v) is 1.28. The van der Waals surface area contributed by atoms with Gasteiger partial charge in [0, 0.05) is 19.9 Å². The molecular formula is C9H15N3O3. The quantitative estimate of drug-likeness (QED) is 0.714. The number of hydrogen-bond donors (Lipinski definition) is 1. The van der Waals surface area contributed by atoms with Gasteiger partial charge >= 0.3 is 5.69 Å². The molecular weight excluding hydrogens is 198 g/mol. The van der Waals surface area contributed by atoms with Crippen molar-refractivity contribution in [2.45, 2.75) is 20.0 Å². The van der Waals surface area contributed by atoms with Gasteiger partial charge in [0.2, 0.25) is 0 Å². The molecule has 0 atom stereocenters. The standard InChI is InChI=1S/C9H15N3O3/c1-3-11-6-7(10)8(13)12(9(11)14)4-5-15-2/h6H,3-5,10H2,1-2H3. The van der Waals surface area contributed by atoms with Crippen LogP contribution < -0.4 is 17.0 Å². The zero-order valence-electron chi connectivity index (χ0n) is 8.90. The van der Waals surface area contributed by atoms with Crippen molar-refractivity contribution >= 4 is 5.69 Å². The van der Waals surface area contributed by atoms with Crippen molar-refractivity contribution in [2.24, 2.45) is 0 Å². The number of ether oxygens (including phenoxy) is 1. The second-order valence-electron chi connectivity index (χ2n) is 3.10. The van der Waals surface area contributed by atoms with E-state index in [0.29, 0.717) is 13.2 Å². The Bertz CT molecular complexity index is 447. The van der Waals surface area contributed by atoms with E-state index < -0.39 is 5.56 Å². The highest BCUT2D eigenvalue weighted by Gasteiger charge is 2.07. The van der Waals surface area contributed by atoms with Crippen LogP contribution in [-0.4, -0.2) is 22.9 Å². The lowest BCUT2D eigenvalue weighted by Gasteiger charge is -2.09. The summed E-state index contributed by atoms with van der Waals surface area (Å²) >= 11 is 0. The average Bonchev–Trinajstić information content (AvgIpc) is 2.23. The van der Waals surface area contributed by atoms with Gasteiger partial charge in [0.1, 0.15) is 5.69 Å². The van der Waals surface area contributed by atoms with Crippen molar-refractivity contribution in [1.82, 2.24) is 9.13 Å². The van der Waals surface area contributed by atoms with Gasteiger partial charge in [-0.3, -0.25) is 13.9 Å². The molecule has 0 bridgehead atoms. The maximum absolute atomic E-state index is 11.7. The minimum Gasteiger partial charge on any atom is -0.393 e. The summed E-state index contributed by atoms with van der Waals surface area (Å²) in [6, 6.07) is 0. The zero-order valence-corrected chi connectivity index (χ0v) is 8.90. The van der Waals surface area contributed by atoms with E-state index >= 15 is 0 Å². The predicted octanol–water partition coefficient (Wildman–Crippen LogP) is -0.741. The van der Waals surface area contributed by atoms with Crippen LogP contribution in [0.4, 0.5) is 5.69 Å². The fourth-order valence-electron chi connectivity index (χ4n) is 1.28. The minimum atomic E-state index is -0.457. The molecule has 1 aromatic rings. The molecule has 6 nitrogen and oxygen atoms in total. The van der Waals surface area contributed by atoms with Crippen LogP contribution in [0.5, 0.6) is 0 Å². The Hall–Kier alpha value is -1.56. The number of aryl methyl sites for hydroxylation is 1. The molecule has 2 N–H and O–H groups in total. The summed E-state index contributed by atoms with van der Waals surface area (Å²) in [5, 5.41) is 0. The molecule has 0 aliphatic rings. The molecule has 0 fully saturated rings. The third-order valence-electron chi connectivity index (χ3n) is 2.12. The molecule has 0 aliphatic carbocycles. The van der Waals surface area contributed by atoms with Crippen LogP contribution in [0.3, 0.4) is 0 Å². The smallest absolute Gasteiger partial charge is 0.331 e. The van der Waals surface area contributed by atoms with Crippen LogP contribution in [0.25, 0.3) is 0 Å². The lowest BCUT2D eigenvalue weighted by molar-refractivity contribution is 0.184. The summed E-state index contributed by atoms with van der Waals surface area (Å²) in [7, 11) is 1.51. The Labute approximate surface area is 86.9 Å². The van der Waals surface area contributed by atoms with Gasteiger partial charge in [-0.05, 0) is 6.92 Å². The summed E-state index contributed by atoms with van der Waals surface area (Å²) in [5.41, 5.74) is 4.77. The van der Waals surface area contributed by atoms with Crippen LogP contribution in [0.15, 0.2) is 15.8 Å². The van der Waals surface area contributed by atoms with Gasteiger partial charge in [-0.25, -0.2) is 4.79 Å². The summed E-state index contributed by atoms with van der Waals surface area (Å²) in [6.07, 6.45) is 1.37. The van der Waals surface area contributed by atoms with E-state index in [1.165, 1.54) is 17.9 Å². The number of nitrogens with two attached hydrogens (primary N) is 1. The van der Waals surface area contributed by atoms with Crippen molar-refractivity contribution in [3.63, 3.8) is 0 Å². The van der Waals surface area contributed by atoms with Crippen molar-refractivity contribution in [3.8, 4) is 0 Å². The minimum absolute atomic E-state index is 0.0764. The highest BCUT2D eigenvalue weighted by Crippen LogP contribution is 1.89. The second kappa shape index (κ2) is 4.79. The highest BCUT2D eigenvalue weighted by molar-refractivity contribution is 5.30. The predicted molar refractivity (Wildman–Crippen MR) is 56.9 cm³/mol. The third kappa shape index (κ3) is 2.27. The van der Waals surface area contributed by atoms with Gasteiger partial charge in [0.25, 0.3) is 5.56 Å². The van der Waals surface area contributed by atoms with Crippen molar-refractivity contribution in [1.29, 1.82) is 0 Å². The maximum Gasteiger partial charge on any atom is 0.331 e. The highest BCUT2D eigenvalue weighted by atomic mass is 16.5. The first-order valence-electron chi connectivity index (χ1n) is 4.70. The Kier molecular flexibility index (Phi) is 3.68. The maximum atomic E-state index is 11.7. The van der Waals surface area contributed by atoms with Crippen molar-refractivity contribution in [3.05, 3.63) is 27.0 Å². The Morgan fingerprint density at radius 3 is 2.67 bits per heavy atom. The summed E-state index contributed by atoms with van der Waals surface area (Å²) < 4.78 is 7.30. The Morgan fingerprint density at radius 2 is 2.13 bits per heavy atom. The number of nitrogen functional groups attached to an aromatic ring is 1. The Balaban J connectivity index is 3.28. The first kappa shape index (κ1) is 11.5. The van der Waals surface area contributed by atoms with Gasteiger partial charge in [-0.1, -0.05) is 0 Å². The van der Waals surface area contributed by atoms with E-state index in [1.807, 2.05) is 6.92 Å². The molecule has 0 aromatic carbocycles. The Morgan fingerprint density at radius 1 is 1.47 bits per heavy atom. The SMILES string of the molecule is CCn1cc(N)c(=O)n(CCOC)c1=O. The van der Waals surface area contributed by atoms with E-state index in [2.05, 4.69) is 0 Å². The molecule has 15 heavy (non-hydrogen) atoms. The van der Waals surface area contributed by atoms with E-state index in [1.54, 1.807) is 0 Å². The first-order chi connectivity index (χ1) is 7.11. The molecule has 1 aromatic heterocycles.